The maximum atomic E-state index is 13.1. The zero-order valence-electron chi connectivity index (χ0n) is 16.2. The van der Waals surface area contributed by atoms with Crippen molar-refractivity contribution in [3.63, 3.8) is 0 Å². The molecule has 4 nitrogen and oxygen atoms in total. The third-order valence-electron chi connectivity index (χ3n) is 4.34. The van der Waals surface area contributed by atoms with Crippen LogP contribution in [0.25, 0.3) is 6.08 Å². The summed E-state index contributed by atoms with van der Waals surface area (Å²) in [5.74, 6) is -0.362. The van der Waals surface area contributed by atoms with Crippen molar-refractivity contribution in [2.24, 2.45) is 0 Å². The van der Waals surface area contributed by atoms with E-state index in [9.17, 15) is 14.4 Å². The zero-order valence-corrected chi connectivity index (χ0v) is 16.9. The first-order valence-corrected chi connectivity index (χ1v) is 9.49. The van der Waals surface area contributed by atoms with Crippen LogP contribution in [0, 0.1) is 24.1 Å². The minimum absolute atomic E-state index is 0.0767. The molecule has 6 heteroatoms. The highest BCUT2D eigenvalue weighted by Gasteiger charge is 2.13. The molecule has 3 aromatic carbocycles. The summed E-state index contributed by atoms with van der Waals surface area (Å²) in [6.45, 7) is 2.06. The second kappa shape index (κ2) is 9.73. The van der Waals surface area contributed by atoms with Gasteiger partial charge in [0.2, 0.25) is 0 Å². The Hall–Kier alpha value is -3.62. The van der Waals surface area contributed by atoms with Crippen molar-refractivity contribution >= 4 is 29.3 Å². The number of amides is 1. The number of hydrogen-bond donors (Lipinski definition) is 1. The first kappa shape index (κ1) is 21.1. The van der Waals surface area contributed by atoms with E-state index in [1.165, 1.54) is 18.2 Å². The number of hydrogen-bond acceptors (Lipinski definition) is 3. The summed E-state index contributed by atoms with van der Waals surface area (Å²) in [6.07, 6.45) is 1.47. The third kappa shape index (κ3) is 5.47. The number of carbonyl (C=O) groups excluding carboxylic acids is 1. The zero-order chi connectivity index (χ0) is 21.5. The molecule has 0 aromatic heterocycles. The van der Waals surface area contributed by atoms with Crippen LogP contribution >= 0.6 is 11.6 Å². The third-order valence-corrected chi connectivity index (χ3v) is 4.57. The minimum atomic E-state index is -0.545. The summed E-state index contributed by atoms with van der Waals surface area (Å²) in [5, 5.41) is 12.7. The molecular weight excluding hydrogens is 403 g/mol. The van der Waals surface area contributed by atoms with Gasteiger partial charge in [-0.2, -0.15) is 5.26 Å². The number of benzene rings is 3. The number of nitrogens with one attached hydrogen (secondary N) is 1. The van der Waals surface area contributed by atoms with Gasteiger partial charge in [-0.1, -0.05) is 48.0 Å². The summed E-state index contributed by atoms with van der Waals surface area (Å²) >= 11 is 5.99. The van der Waals surface area contributed by atoms with Crippen molar-refractivity contribution in [1.29, 1.82) is 5.26 Å². The number of para-hydroxylation sites is 1. The highest BCUT2D eigenvalue weighted by Crippen LogP contribution is 2.24. The van der Waals surface area contributed by atoms with Crippen LogP contribution in [0.3, 0.4) is 0 Å². The van der Waals surface area contributed by atoms with Crippen molar-refractivity contribution in [2.75, 3.05) is 5.32 Å². The van der Waals surface area contributed by atoms with Crippen LogP contribution in [0.15, 0.2) is 72.3 Å². The van der Waals surface area contributed by atoms with Gasteiger partial charge in [-0.15, -0.1) is 0 Å². The highest BCUT2D eigenvalue weighted by atomic mass is 35.5. The molecular formula is C24H18ClFN2O2. The molecule has 0 aliphatic rings. The van der Waals surface area contributed by atoms with E-state index in [0.717, 1.165) is 11.1 Å². The van der Waals surface area contributed by atoms with E-state index in [4.69, 9.17) is 16.3 Å². The Bertz CT molecular complexity index is 1130. The van der Waals surface area contributed by atoms with E-state index in [0.29, 0.717) is 22.0 Å². The normalized spacial score (nSPS) is 10.9. The van der Waals surface area contributed by atoms with Gasteiger partial charge in [0.25, 0.3) is 5.91 Å². The fourth-order valence-electron chi connectivity index (χ4n) is 2.70. The second-order valence-corrected chi connectivity index (χ2v) is 6.97. The lowest BCUT2D eigenvalue weighted by molar-refractivity contribution is -0.112. The standard InChI is InChI=1S/C24H18ClFN2O2/c1-16-6-9-20(25)13-22(16)28-24(29)19(14-27)12-18-4-2-3-5-23(18)30-15-17-7-10-21(26)11-8-17/h2-13H,15H2,1H3,(H,28,29)/b19-12+. The van der Waals surface area contributed by atoms with Gasteiger partial charge in [-0.3, -0.25) is 4.79 Å². The molecule has 1 N–H and O–H groups in total. The van der Waals surface area contributed by atoms with E-state index in [-0.39, 0.29) is 18.0 Å². The number of ether oxygens (including phenoxy) is 1. The van der Waals surface area contributed by atoms with Gasteiger partial charge in [0.05, 0.1) is 0 Å². The van der Waals surface area contributed by atoms with Crippen LogP contribution in [0.4, 0.5) is 10.1 Å². The molecule has 0 aliphatic carbocycles. The molecule has 3 aromatic rings. The van der Waals surface area contributed by atoms with Crippen LogP contribution < -0.4 is 10.1 Å². The second-order valence-electron chi connectivity index (χ2n) is 6.54. The Morgan fingerprint density at radius 2 is 1.90 bits per heavy atom. The number of rotatable bonds is 6. The SMILES string of the molecule is Cc1ccc(Cl)cc1NC(=O)/C(C#N)=C/c1ccccc1OCc1ccc(F)cc1. The van der Waals surface area contributed by atoms with Crippen molar-refractivity contribution in [2.45, 2.75) is 13.5 Å². The van der Waals surface area contributed by atoms with E-state index < -0.39 is 5.91 Å². The van der Waals surface area contributed by atoms with Crippen LogP contribution in [0.2, 0.25) is 5.02 Å². The Kier molecular flexibility index (Phi) is 6.84. The topological polar surface area (TPSA) is 62.1 Å². The molecule has 0 heterocycles. The molecule has 0 unspecified atom stereocenters. The molecule has 0 radical (unpaired) electrons. The van der Waals surface area contributed by atoms with E-state index >= 15 is 0 Å². The molecule has 0 saturated carbocycles. The Morgan fingerprint density at radius 1 is 1.17 bits per heavy atom. The largest absolute Gasteiger partial charge is 0.488 e. The van der Waals surface area contributed by atoms with Gasteiger partial charge in [-0.05, 0) is 54.5 Å². The number of aryl methyl sites for hydroxylation is 1. The molecule has 0 aliphatic heterocycles. The maximum absolute atomic E-state index is 13.1. The van der Waals surface area contributed by atoms with Crippen LogP contribution in [0.1, 0.15) is 16.7 Å². The lowest BCUT2D eigenvalue weighted by atomic mass is 10.1. The molecule has 0 fully saturated rings. The number of anilines is 1. The van der Waals surface area contributed by atoms with Crippen LogP contribution in [-0.4, -0.2) is 5.91 Å². The van der Waals surface area contributed by atoms with Gasteiger partial charge >= 0.3 is 0 Å². The number of nitrogens with zero attached hydrogens (tertiary/aromatic N) is 1. The predicted octanol–water partition coefficient (Wildman–Crippen LogP) is 5.91. The fourth-order valence-corrected chi connectivity index (χ4v) is 2.87. The average molecular weight is 421 g/mol. The number of nitriles is 1. The average Bonchev–Trinajstić information content (AvgIpc) is 2.74. The lowest BCUT2D eigenvalue weighted by Gasteiger charge is -2.11. The molecule has 1 amide bonds. The summed E-state index contributed by atoms with van der Waals surface area (Å²) < 4.78 is 18.9. The molecule has 0 saturated heterocycles. The Labute approximate surface area is 179 Å². The fraction of sp³-hybridized carbons (Fsp3) is 0.0833. The van der Waals surface area contributed by atoms with Gasteiger partial charge in [-0.25, -0.2) is 4.39 Å². The summed E-state index contributed by atoms with van der Waals surface area (Å²) in [7, 11) is 0. The molecule has 0 atom stereocenters. The predicted molar refractivity (Wildman–Crippen MR) is 116 cm³/mol. The number of halogens is 2. The maximum Gasteiger partial charge on any atom is 0.266 e. The lowest BCUT2D eigenvalue weighted by Crippen LogP contribution is -2.14. The summed E-state index contributed by atoms with van der Waals surface area (Å²) in [4.78, 5) is 12.6. The van der Waals surface area contributed by atoms with Crippen molar-refractivity contribution in [1.82, 2.24) is 0 Å². The minimum Gasteiger partial charge on any atom is -0.488 e. The Morgan fingerprint density at radius 3 is 2.63 bits per heavy atom. The smallest absolute Gasteiger partial charge is 0.266 e. The van der Waals surface area contributed by atoms with Gasteiger partial charge in [0.15, 0.2) is 0 Å². The molecule has 150 valence electrons. The van der Waals surface area contributed by atoms with Crippen molar-refractivity contribution in [3.05, 3.63) is 99.8 Å². The molecule has 0 spiro atoms. The molecule has 30 heavy (non-hydrogen) atoms. The first-order valence-electron chi connectivity index (χ1n) is 9.12. The first-order chi connectivity index (χ1) is 14.5. The van der Waals surface area contributed by atoms with E-state index in [1.54, 1.807) is 54.6 Å². The van der Waals surface area contributed by atoms with E-state index in [1.807, 2.05) is 13.0 Å². The Balaban J connectivity index is 1.80. The molecule has 0 bridgehead atoms. The van der Waals surface area contributed by atoms with Gasteiger partial charge in [0, 0.05) is 16.3 Å². The van der Waals surface area contributed by atoms with Crippen LogP contribution in [-0.2, 0) is 11.4 Å². The van der Waals surface area contributed by atoms with E-state index in [2.05, 4.69) is 5.32 Å². The molecule has 3 rings (SSSR count). The summed E-state index contributed by atoms with van der Waals surface area (Å²) in [6, 6.07) is 20.1. The monoisotopic (exact) mass is 420 g/mol. The summed E-state index contributed by atoms with van der Waals surface area (Å²) in [5.41, 5.74) is 2.66. The van der Waals surface area contributed by atoms with Crippen molar-refractivity contribution in [3.8, 4) is 11.8 Å². The van der Waals surface area contributed by atoms with Gasteiger partial charge in [0.1, 0.15) is 29.8 Å². The van der Waals surface area contributed by atoms with Crippen molar-refractivity contribution < 1.29 is 13.9 Å². The number of carbonyl (C=O) groups is 1. The van der Waals surface area contributed by atoms with Crippen LogP contribution in [0.5, 0.6) is 5.75 Å². The highest BCUT2D eigenvalue weighted by molar-refractivity contribution is 6.31. The quantitative estimate of drug-likeness (QED) is 0.398. The van der Waals surface area contributed by atoms with Gasteiger partial charge < -0.3 is 10.1 Å².